The highest BCUT2D eigenvalue weighted by Gasteiger charge is 2.04. The zero-order chi connectivity index (χ0) is 13.4. The van der Waals surface area contributed by atoms with E-state index in [2.05, 4.69) is 0 Å². The summed E-state index contributed by atoms with van der Waals surface area (Å²) >= 11 is 0. The minimum atomic E-state index is 0.635. The van der Waals surface area contributed by atoms with Crippen LogP contribution in [0.4, 0.5) is 5.69 Å². The van der Waals surface area contributed by atoms with Gasteiger partial charge in [0.1, 0.15) is 5.75 Å². The number of nitrogen functional groups attached to an aromatic ring is 1. The van der Waals surface area contributed by atoms with Crippen molar-refractivity contribution in [3.8, 4) is 5.75 Å². The monoisotopic (exact) mass is 253 g/mol. The molecule has 0 aromatic heterocycles. The fourth-order valence-corrected chi connectivity index (χ4v) is 1.79. The van der Waals surface area contributed by atoms with E-state index in [1.54, 1.807) is 7.11 Å². The van der Waals surface area contributed by atoms with Gasteiger partial charge in [-0.25, -0.2) is 0 Å². The normalized spacial score (nSPS) is 10.6. The molecule has 2 N–H and O–H groups in total. The largest absolute Gasteiger partial charge is 0.493 e. The number of ether oxygens (including phenoxy) is 3. The van der Waals surface area contributed by atoms with Gasteiger partial charge in [-0.15, -0.1) is 0 Å². The fourth-order valence-electron chi connectivity index (χ4n) is 1.79. The topological polar surface area (TPSA) is 53.7 Å². The van der Waals surface area contributed by atoms with Gasteiger partial charge in [0, 0.05) is 25.8 Å². The zero-order valence-corrected chi connectivity index (χ0v) is 11.5. The van der Waals surface area contributed by atoms with Gasteiger partial charge in [0.05, 0.1) is 19.8 Å². The number of anilines is 1. The van der Waals surface area contributed by atoms with E-state index in [1.807, 2.05) is 26.0 Å². The average molecular weight is 253 g/mol. The Balaban J connectivity index is 2.27. The fraction of sp³-hybridized carbons (Fsp3) is 0.571. The summed E-state index contributed by atoms with van der Waals surface area (Å²) in [5.74, 6) is 0.932. The van der Waals surface area contributed by atoms with Gasteiger partial charge in [0.2, 0.25) is 0 Å². The van der Waals surface area contributed by atoms with Crippen LogP contribution in [0.25, 0.3) is 0 Å². The summed E-state index contributed by atoms with van der Waals surface area (Å²) in [5.41, 5.74) is 8.70. The lowest BCUT2D eigenvalue weighted by molar-refractivity contribution is 0.0643. The van der Waals surface area contributed by atoms with E-state index in [-0.39, 0.29) is 0 Å². The Morgan fingerprint density at radius 3 is 2.28 bits per heavy atom. The van der Waals surface area contributed by atoms with Crippen molar-refractivity contribution < 1.29 is 14.2 Å². The minimum Gasteiger partial charge on any atom is -0.493 e. The van der Waals surface area contributed by atoms with Gasteiger partial charge in [0.25, 0.3) is 0 Å². The van der Waals surface area contributed by atoms with Crippen LogP contribution < -0.4 is 10.5 Å². The number of rotatable bonds is 8. The molecule has 0 fully saturated rings. The third-order valence-corrected chi connectivity index (χ3v) is 2.59. The van der Waals surface area contributed by atoms with Crippen LogP contribution in [-0.4, -0.2) is 33.5 Å². The first-order chi connectivity index (χ1) is 8.65. The molecular formula is C14H23NO3. The number of aryl methyl sites for hydroxylation is 2. The van der Waals surface area contributed by atoms with Crippen molar-refractivity contribution in [3.05, 3.63) is 23.3 Å². The van der Waals surface area contributed by atoms with E-state index in [4.69, 9.17) is 19.9 Å². The third-order valence-electron chi connectivity index (χ3n) is 2.59. The summed E-state index contributed by atoms with van der Waals surface area (Å²) in [6, 6.07) is 3.86. The molecule has 0 unspecified atom stereocenters. The number of hydrogen-bond acceptors (Lipinski definition) is 4. The highest BCUT2D eigenvalue weighted by molar-refractivity contribution is 5.52. The first kappa shape index (κ1) is 14.8. The lowest BCUT2D eigenvalue weighted by atomic mass is 10.1. The van der Waals surface area contributed by atoms with Crippen LogP contribution >= 0.6 is 0 Å². The molecule has 0 radical (unpaired) electrons. The van der Waals surface area contributed by atoms with Crippen molar-refractivity contribution in [2.24, 2.45) is 0 Å². The molecule has 0 heterocycles. The number of benzene rings is 1. The first-order valence-corrected chi connectivity index (χ1v) is 6.21. The second-order valence-electron chi connectivity index (χ2n) is 4.29. The summed E-state index contributed by atoms with van der Waals surface area (Å²) in [6.45, 7) is 6.63. The van der Waals surface area contributed by atoms with E-state index < -0.39 is 0 Å². The third kappa shape index (κ3) is 4.94. The second-order valence-corrected chi connectivity index (χ2v) is 4.29. The van der Waals surface area contributed by atoms with Gasteiger partial charge in [-0.05, 0) is 37.1 Å². The van der Waals surface area contributed by atoms with Crippen LogP contribution in [-0.2, 0) is 9.47 Å². The number of hydrogen-bond donors (Lipinski definition) is 1. The Morgan fingerprint density at radius 1 is 1.00 bits per heavy atom. The Morgan fingerprint density at radius 2 is 1.67 bits per heavy atom. The second kappa shape index (κ2) is 7.95. The summed E-state index contributed by atoms with van der Waals surface area (Å²) < 4.78 is 16.0. The minimum absolute atomic E-state index is 0.635. The molecule has 0 spiro atoms. The van der Waals surface area contributed by atoms with Crippen molar-refractivity contribution in [3.63, 3.8) is 0 Å². The molecule has 0 amide bonds. The van der Waals surface area contributed by atoms with E-state index in [1.165, 1.54) is 0 Å². The van der Waals surface area contributed by atoms with E-state index >= 15 is 0 Å². The quantitative estimate of drug-likeness (QED) is 0.570. The molecule has 18 heavy (non-hydrogen) atoms. The molecule has 4 nitrogen and oxygen atoms in total. The van der Waals surface area contributed by atoms with Crippen LogP contribution in [0.2, 0.25) is 0 Å². The van der Waals surface area contributed by atoms with E-state index in [0.717, 1.165) is 29.0 Å². The van der Waals surface area contributed by atoms with Crippen molar-refractivity contribution in [1.29, 1.82) is 0 Å². The zero-order valence-electron chi connectivity index (χ0n) is 11.5. The molecule has 1 aromatic carbocycles. The van der Waals surface area contributed by atoms with Gasteiger partial charge < -0.3 is 19.9 Å². The smallest absolute Gasteiger partial charge is 0.125 e. The van der Waals surface area contributed by atoms with Crippen LogP contribution in [0, 0.1) is 13.8 Å². The Hall–Kier alpha value is -1.26. The lowest BCUT2D eigenvalue weighted by Gasteiger charge is -2.13. The molecule has 1 rings (SSSR count). The van der Waals surface area contributed by atoms with Crippen molar-refractivity contribution in [1.82, 2.24) is 0 Å². The number of methoxy groups -OCH3 is 1. The highest BCUT2D eigenvalue weighted by atomic mass is 16.5. The number of nitrogens with two attached hydrogens (primary N) is 1. The Labute approximate surface area is 109 Å². The Bertz CT molecular complexity index is 343. The molecule has 4 heteroatoms. The molecular weight excluding hydrogens is 230 g/mol. The molecule has 0 saturated heterocycles. The van der Waals surface area contributed by atoms with Gasteiger partial charge in [-0.1, -0.05) is 0 Å². The van der Waals surface area contributed by atoms with Crippen molar-refractivity contribution >= 4 is 5.69 Å². The molecule has 0 aliphatic rings. The van der Waals surface area contributed by atoms with Gasteiger partial charge >= 0.3 is 0 Å². The standard InChI is InChI=1S/C14H23NO3/c1-11-9-13(15)10-12(2)14(11)18-6-4-5-17-8-7-16-3/h9-10H,4-8,15H2,1-3H3. The van der Waals surface area contributed by atoms with Crippen LogP contribution in [0.1, 0.15) is 17.5 Å². The van der Waals surface area contributed by atoms with E-state index in [0.29, 0.717) is 26.4 Å². The molecule has 0 atom stereocenters. The molecule has 0 aliphatic heterocycles. The van der Waals surface area contributed by atoms with Crippen LogP contribution in [0.3, 0.4) is 0 Å². The average Bonchev–Trinajstić information content (AvgIpc) is 2.30. The van der Waals surface area contributed by atoms with Gasteiger partial charge in [0.15, 0.2) is 0 Å². The first-order valence-electron chi connectivity index (χ1n) is 6.21. The predicted molar refractivity (Wildman–Crippen MR) is 73.1 cm³/mol. The van der Waals surface area contributed by atoms with Gasteiger partial charge in [-0.3, -0.25) is 0 Å². The molecule has 0 bridgehead atoms. The maximum Gasteiger partial charge on any atom is 0.125 e. The van der Waals surface area contributed by atoms with E-state index in [9.17, 15) is 0 Å². The highest BCUT2D eigenvalue weighted by Crippen LogP contribution is 2.25. The maximum absolute atomic E-state index is 5.76. The molecule has 0 saturated carbocycles. The summed E-state index contributed by atoms with van der Waals surface area (Å²) in [4.78, 5) is 0. The Kier molecular flexibility index (Phi) is 6.54. The SMILES string of the molecule is COCCOCCCOc1c(C)cc(N)cc1C. The van der Waals surface area contributed by atoms with Crippen LogP contribution in [0.5, 0.6) is 5.75 Å². The molecule has 0 aliphatic carbocycles. The molecule has 102 valence electrons. The van der Waals surface area contributed by atoms with Gasteiger partial charge in [-0.2, -0.15) is 0 Å². The summed E-state index contributed by atoms with van der Waals surface area (Å²) in [7, 11) is 1.67. The predicted octanol–water partition coefficient (Wildman–Crippen LogP) is 2.32. The summed E-state index contributed by atoms with van der Waals surface area (Å²) in [5, 5.41) is 0. The lowest BCUT2D eigenvalue weighted by Crippen LogP contribution is -2.07. The maximum atomic E-state index is 5.76. The molecule has 1 aromatic rings. The van der Waals surface area contributed by atoms with Crippen molar-refractivity contribution in [2.45, 2.75) is 20.3 Å². The van der Waals surface area contributed by atoms with Crippen molar-refractivity contribution in [2.75, 3.05) is 39.3 Å². The summed E-state index contributed by atoms with van der Waals surface area (Å²) in [6.07, 6.45) is 0.868. The van der Waals surface area contributed by atoms with Crippen LogP contribution in [0.15, 0.2) is 12.1 Å².